The van der Waals surface area contributed by atoms with Gasteiger partial charge in [-0.3, -0.25) is 0 Å². The Kier molecular flexibility index (Phi) is 11.3. The summed E-state index contributed by atoms with van der Waals surface area (Å²) < 4.78 is 65.7. The number of anilines is 2. The van der Waals surface area contributed by atoms with Gasteiger partial charge in [0.2, 0.25) is 17.8 Å². The molecule has 6 rings (SSSR count). The second-order valence-electron chi connectivity index (χ2n) is 11.7. The summed E-state index contributed by atoms with van der Waals surface area (Å²) in [5.41, 5.74) is -0.977. The lowest BCUT2D eigenvalue weighted by Gasteiger charge is -2.27. The summed E-state index contributed by atoms with van der Waals surface area (Å²) >= 11 is 0. The van der Waals surface area contributed by atoms with E-state index in [1.807, 2.05) is 17.2 Å². The lowest BCUT2D eigenvalue weighted by Crippen LogP contribution is -2.32. The van der Waals surface area contributed by atoms with Gasteiger partial charge in [0.25, 0.3) is 0 Å². The van der Waals surface area contributed by atoms with Crippen molar-refractivity contribution in [2.45, 2.75) is 63.8 Å². The third kappa shape index (κ3) is 9.40. The van der Waals surface area contributed by atoms with E-state index in [0.29, 0.717) is 13.1 Å². The quantitative estimate of drug-likeness (QED) is 0.151. The number of piperidine rings is 2. The molecule has 47 heavy (non-hydrogen) atoms. The molecule has 2 aromatic heterocycles. The number of hydrogen-bond donors (Lipinski definition) is 0. The van der Waals surface area contributed by atoms with Crippen LogP contribution in [0.15, 0.2) is 73.1 Å². The molecule has 0 unspecified atom stereocenters. The molecule has 2 aliphatic rings. The zero-order valence-electron chi connectivity index (χ0n) is 26.4. The minimum Gasteiger partial charge on any atom is -0.355 e. The number of aryl methyl sites for hydroxylation is 1. The van der Waals surface area contributed by atoms with Crippen LogP contribution < -0.4 is 14.0 Å². The highest BCUT2D eigenvalue weighted by Crippen LogP contribution is 2.30. The molecule has 250 valence electrons. The lowest BCUT2D eigenvalue weighted by molar-refractivity contribution is -0.0501. The van der Waals surface area contributed by atoms with Crippen molar-refractivity contribution < 1.29 is 25.8 Å². The summed E-state index contributed by atoms with van der Waals surface area (Å²) in [5.74, 6) is 0.477. The minimum atomic E-state index is -5.82. The van der Waals surface area contributed by atoms with E-state index >= 15 is 0 Å². The number of aromatic nitrogens is 4. The van der Waals surface area contributed by atoms with Crippen molar-refractivity contribution in [3.63, 3.8) is 0 Å². The van der Waals surface area contributed by atoms with E-state index in [0.717, 1.165) is 56.0 Å². The van der Waals surface area contributed by atoms with Gasteiger partial charge in [-0.2, -0.15) is 26.6 Å². The zero-order valence-corrected chi connectivity index (χ0v) is 27.2. The largest absolute Gasteiger partial charge is 0.534 e. The van der Waals surface area contributed by atoms with Crippen LogP contribution in [0.1, 0.15) is 66.5 Å². The van der Waals surface area contributed by atoms with Crippen LogP contribution in [0.5, 0.6) is 5.88 Å². The fourth-order valence-corrected chi connectivity index (χ4v) is 5.95. The first-order chi connectivity index (χ1) is 22.6. The topological polar surface area (TPSA) is 101 Å². The van der Waals surface area contributed by atoms with Gasteiger partial charge in [0.15, 0.2) is 0 Å². The van der Waals surface area contributed by atoms with Crippen molar-refractivity contribution in [1.82, 2.24) is 19.9 Å². The second-order valence-corrected chi connectivity index (χ2v) is 13.2. The predicted molar refractivity (Wildman–Crippen MR) is 175 cm³/mol. The average molecular weight is 669 g/mol. The molecule has 2 saturated heterocycles. The van der Waals surface area contributed by atoms with Gasteiger partial charge in [0, 0.05) is 62.7 Å². The van der Waals surface area contributed by atoms with Crippen LogP contribution in [-0.2, 0) is 23.0 Å². The number of halogens is 3. The van der Waals surface area contributed by atoms with E-state index in [-0.39, 0.29) is 17.9 Å². The molecule has 4 heterocycles. The standard InChI is InChI=1S/C17H18F3N3O3S.C17H21N3/c18-17(19,20)27(24,25)26-15-14(11-13-7-3-1-4-8-13)12-21-16(22-15)23-9-5-2-6-10-23;1-14-16(12-15-8-4-2-5-9-15)13-18-17(19-14)20-10-6-3-7-11-20/h1,3-4,7-8,12H,2,5-6,9-11H2;2,4-5,8-9,13H,3,6-7,10-12H2,1H3. The van der Waals surface area contributed by atoms with Crippen molar-refractivity contribution in [2.75, 3.05) is 36.0 Å². The Morgan fingerprint density at radius 3 is 1.60 bits per heavy atom. The molecule has 0 aliphatic carbocycles. The van der Waals surface area contributed by atoms with E-state index in [4.69, 9.17) is 4.98 Å². The molecule has 2 aromatic carbocycles. The van der Waals surface area contributed by atoms with E-state index in [9.17, 15) is 21.6 Å². The zero-order chi connectivity index (χ0) is 33.3. The Morgan fingerprint density at radius 1 is 0.681 bits per heavy atom. The van der Waals surface area contributed by atoms with Crippen molar-refractivity contribution in [3.05, 3.63) is 101 Å². The summed E-state index contributed by atoms with van der Waals surface area (Å²) in [7, 11) is -5.82. The maximum Gasteiger partial charge on any atom is 0.534 e. The Labute approximate surface area is 274 Å². The smallest absolute Gasteiger partial charge is 0.355 e. The van der Waals surface area contributed by atoms with E-state index in [1.165, 1.54) is 36.6 Å². The van der Waals surface area contributed by atoms with Crippen LogP contribution in [0, 0.1) is 6.92 Å². The Hall–Kier alpha value is -4.26. The highest BCUT2D eigenvalue weighted by molar-refractivity contribution is 7.87. The highest BCUT2D eigenvalue weighted by Gasteiger charge is 2.49. The molecule has 9 nitrogen and oxygen atoms in total. The van der Waals surface area contributed by atoms with E-state index < -0.39 is 21.5 Å². The number of rotatable bonds is 8. The molecule has 0 bridgehead atoms. The lowest BCUT2D eigenvalue weighted by atomic mass is 10.1. The van der Waals surface area contributed by atoms with Crippen molar-refractivity contribution in [1.29, 1.82) is 0 Å². The van der Waals surface area contributed by atoms with Gasteiger partial charge >= 0.3 is 15.6 Å². The summed E-state index contributed by atoms with van der Waals surface area (Å²) in [6.45, 7) is 5.59. The highest BCUT2D eigenvalue weighted by atomic mass is 32.2. The van der Waals surface area contributed by atoms with Gasteiger partial charge in [0.05, 0.1) is 0 Å². The summed E-state index contributed by atoms with van der Waals surface area (Å²) in [5, 5.41) is 0. The first-order valence-electron chi connectivity index (χ1n) is 15.9. The third-order valence-electron chi connectivity index (χ3n) is 8.11. The SMILES string of the molecule is Cc1nc(N2CCCCC2)ncc1Cc1ccccc1.O=S(=O)(Oc1nc(N2CCCCC2)ncc1Cc1ccccc1)C(F)(F)F. The van der Waals surface area contributed by atoms with Crippen LogP contribution in [-0.4, -0.2) is 60.0 Å². The van der Waals surface area contributed by atoms with Gasteiger partial charge in [-0.15, -0.1) is 0 Å². The maximum absolute atomic E-state index is 12.8. The number of benzene rings is 2. The monoisotopic (exact) mass is 668 g/mol. The van der Waals surface area contributed by atoms with Crippen molar-refractivity contribution in [2.24, 2.45) is 0 Å². The molecule has 4 aromatic rings. The Morgan fingerprint density at radius 2 is 1.13 bits per heavy atom. The molecule has 2 fully saturated rings. The van der Waals surface area contributed by atoms with Crippen LogP contribution in [0.3, 0.4) is 0 Å². The number of hydrogen-bond acceptors (Lipinski definition) is 9. The van der Waals surface area contributed by atoms with Gasteiger partial charge in [-0.05, 0) is 62.1 Å². The fraction of sp³-hybridized carbons (Fsp3) is 0.412. The molecule has 0 atom stereocenters. The Balaban J connectivity index is 0.000000193. The summed E-state index contributed by atoms with van der Waals surface area (Å²) in [6.07, 6.45) is 11.1. The van der Waals surface area contributed by atoms with Crippen LogP contribution >= 0.6 is 0 Å². The molecule has 13 heteroatoms. The first-order valence-corrected chi connectivity index (χ1v) is 17.3. The predicted octanol–water partition coefficient (Wildman–Crippen LogP) is 6.65. The number of nitrogens with zero attached hydrogens (tertiary/aromatic N) is 6. The fourth-order valence-electron chi connectivity index (χ4n) is 5.50. The van der Waals surface area contributed by atoms with Gasteiger partial charge in [-0.25, -0.2) is 15.0 Å². The van der Waals surface area contributed by atoms with Gasteiger partial charge < -0.3 is 14.0 Å². The van der Waals surface area contributed by atoms with Gasteiger partial charge in [0.1, 0.15) is 0 Å². The van der Waals surface area contributed by atoms with Crippen molar-refractivity contribution >= 4 is 22.0 Å². The maximum atomic E-state index is 12.8. The van der Waals surface area contributed by atoms with E-state index in [2.05, 4.69) is 55.2 Å². The average Bonchev–Trinajstić information content (AvgIpc) is 3.08. The molecule has 0 radical (unpaired) electrons. The van der Waals surface area contributed by atoms with Crippen LogP contribution in [0.25, 0.3) is 0 Å². The van der Waals surface area contributed by atoms with Gasteiger partial charge in [-0.1, -0.05) is 60.7 Å². The number of alkyl halides is 3. The molecule has 0 spiro atoms. The first kappa shape index (κ1) is 34.1. The molecule has 0 amide bonds. The molecular weight excluding hydrogens is 629 g/mol. The second kappa shape index (κ2) is 15.6. The molecule has 2 aliphatic heterocycles. The molecule has 0 N–H and O–H groups in total. The molecule has 0 saturated carbocycles. The van der Waals surface area contributed by atoms with E-state index in [1.54, 1.807) is 30.3 Å². The molecular formula is C34H39F3N6O3S. The normalized spacial score (nSPS) is 15.5. The van der Waals surface area contributed by atoms with Crippen molar-refractivity contribution in [3.8, 4) is 5.88 Å². The Bertz CT molecular complexity index is 1700. The van der Waals surface area contributed by atoms with Crippen LogP contribution in [0.4, 0.5) is 25.1 Å². The summed E-state index contributed by atoms with van der Waals surface area (Å²) in [6, 6.07) is 19.4. The third-order valence-corrected chi connectivity index (χ3v) is 9.05. The van der Waals surface area contributed by atoms with Crippen LogP contribution in [0.2, 0.25) is 0 Å². The summed E-state index contributed by atoms with van der Waals surface area (Å²) in [4.78, 5) is 21.6. The minimum absolute atomic E-state index is 0.143.